The van der Waals surface area contributed by atoms with Crippen molar-refractivity contribution in [3.8, 4) is 0 Å². The average molecular weight is 382 g/mol. The molecule has 2 amide bonds. The first-order valence-electron chi connectivity index (χ1n) is 8.90. The monoisotopic (exact) mass is 382 g/mol. The molecule has 0 bridgehead atoms. The number of nitrogens with one attached hydrogen (secondary N) is 2. The summed E-state index contributed by atoms with van der Waals surface area (Å²) in [5.41, 5.74) is 2.25. The number of thiocarbonyl (C=S) groups is 1. The third-order valence-corrected chi connectivity index (χ3v) is 4.97. The van der Waals surface area contributed by atoms with Gasteiger partial charge in [-0.25, -0.2) is 0 Å². The summed E-state index contributed by atoms with van der Waals surface area (Å²) in [7, 11) is 0. The van der Waals surface area contributed by atoms with E-state index in [9.17, 15) is 9.59 Å². The van der Waals surface area contributed by atoms with Gasteiger partial charge >= 0.3 is 0 Å². The number of nitrogens with zero attached hydrogens (tertiary/aromatic N) is 2. The maximum absolute atomic E-state index is 12.6. The van der Waals surface area contributed by atoms with Crippen molar-refractivity contribution in [3.63, 3.8) is 0 Å². The number of carbonyl (C=O) groups is 2. The lowest BCUT2D eigenvalue weighted by Gasteiger charge is -2.30. The molecule has 3 rings (SSSR count). The van der Waals surface area contributed by atoms with Crippen LogP contribution in [-0.4, -0.2) is 45.6 Å². The molecule has 2 aromatic rings. The van der Waals surface area contributed by atoms with Crippen LogP contribution in [0.25, 0.3) is 10.9 Å². The Kier molecular flexibility index (Phi) is 5.81. The van der Waals surface area contributed by atoms with Crippen LogP contribution in [-0.2, 0) is 16.0 Å². The van der Waals surface area contributed by atoms with Crippen LogP contribution >= 0.6 is 12.2 Å². The zero-order chi connectivity index (χ0) is 19.4. The quantitative estimate of drug-likeness (QED) is 0.334. The zero-order valence-electron chi connectivity index (χ0n) is 15.1. The molecule has 2 heterocycles. The van der Waals surface area contributed by atoms with Crippen molar-refractivity contribution in [1.29, 1.82) is 0 Å². The Morgan fingerprint density at radius 3 is 2.89 bits per heavy atom. The van der Waals surface area contributed by atoms with Crippen molar-refractivity contribution in [2.24, 2.45) is 10.9 Å². The fourth-order valence-corrected chi connectivity index (χ4v) is 3.39. The van der Waals surface area contributed by atoms with E-state index in [0.29, 0.717) is 0 Å². The Morgan fingerprint density at radius 2 is 2.15 bits per heavy atom. The molecule has 27 heavy (non-hydrogen) atoms. The third-order valence-electron chi connectivity index (χ3n) is 4.65. The minimum absolute atomic E-state index is 0.0217. The first-order chi connectivity index (χ1) is 13.0. The number of carbonyl (C=O) groups excluding carboxylic acids is 2. The summed E-state index contributed by atoms with van der Waals surface area (Å²) in [4.78, 5) is 33.9. The number of fused-ring (bicyclic) bond motifs is 1. The second-order valence-corrected chi connectivity index (χ2v) is 6.82. The average Bonchev–Trinajstić information content (AvgIpc) is 3.06. The molecule has 1 saturated heterocycles. The van der Waals surface area contributed by atoms with Crippen LogP contribution < -0.4 is 5.32 Å². The van der Waals surface area contributed by atoms with Crippen molar-refractivity contribution in [1.82, 2.24) is 15.2 Å². The van der Waals surface area contributed by atoms with Gasteiger partial charge in [0.25, 0.3) is 0 Å². The Bertz CT molecular complexity index is 918. The van der Waals surface area contributed by atoms with E-state index >= 15 is 0 Å². The third kappa shape index (κ3) is 3.98. The van der Waals surface area contributed by atoms with Gasteiger partial charge in [-0.3, -0.25) is 19.5 Å². The van der Waals surface area contributed by atoms with E-state index in [0.717, 1.165) is 18.4 Å². The lowest BCUT2D eigenvalue weighted by Crippen LogP contribution is -2.58. The number of benzene rings is 1. The summed E-state index contributed by atoms with van der Waals surface area (Å²) >= 11 is 5.06. The molecule has 1 aliphatic heterocycles. The lowest BCUT2D eigenvalue weighted by atomic mass is 10.0. The van der Waals surface area contributed by atoms with E-state index < -0.39 is 11.8 Å². The highest BCUT2D eigenvalue weighted by atomic mass is 32.1. The predicted octanol–water partition coefficient (Wildman–Crippen LogP) is 2.61. The predicted molar refractivity (Wildman–Crippen MR) is 111 cm³/mol. The second-order valence-electron chi connectivity index (χ2n) is 6.43. The van der Waals surface area contributed by atoms with Crippen LogP contribution in [0.4, 0.5) is 0 Å². The molecule has 1 aromatic heterocycles. The van der Waals surface area contributed by atoms with Crippen LogP contribution in [0.5, 0.6) is 0 Å². The molecule has 1 fully saturated rings. The maximum atomic E-state index is 12.6. The highest BCUT2D eigenvalue weighted by Crippen LogP contribution is 2.21. The van der Waals surface area contributed by atoms with E-state index in [2.05, 4.69) is 27.9 Å². The molecule has 0 aliphatic carbocycles. The molecule has 0 spiro atoms. The van der Waals surface area contributed by atoms with Gasteiger partial charge in [-0.05, 0) is 36.7 Å². The van der Waals surface area contributed by atoms with Gasteiger partial charge < -0.3 is 10.3 Å². The van der Waals surface area contributed by atoms with Crippen LogP contribution in [0.2, 0.25) is 0 Å². The van der Waals surface area contributed by atoms with Crippen molar-refractivity contribution in [2.45, 2.75) is 25.8 Å². The van der Waals surface area contributed by atoms with E-state index in [1.54, 1.807) is 6.08 Å². The fourth-order valence-electron chi connectivity index (χ4n) is 3.13. The lowest BCUT2D eigenvalue weighted by molar-refractivity contribution is -0.137. The van der Waals surface area contributed by atoms with E-state index in [-0.39, 0.29) is 23.6 Å². The largest absolute Gasteiger partial charge is 0.361 e. The van der Waals surface area contributed by atoms with Gasteiger partial charge in [0.1, 0.15) is 0 Å². The minimum atomic E-state index is -0.964. The number of aromatic amines is 1. The number of hydrogen-bond acceptors (Lipinski definition) is 4. The molecule has 1 aliphatic rings. The smallest absolute Gasteiger partial charge is 0.247 e. The number of amides is 2. The first kappa shape index (κ1) is 19.0. The molecule has 1 aromatic carbocycles. The SMILES string of the molecule is C=CCN1C(=O)C(C=N[C@H](CC)Cc2c[nH]c3ccccc23)C(=O)NC1=S. The first-order valence-corrected chi connectivity index (χ1v) is 9.31. The van der Waals surface area contributed by atoms with Gasteiger partial charge in [0.15, 0.2) is 11.0 Å². The molecule has 7 heteroatoms. The summed E-state index contributed by atoms with van der Waals surface area (Å²) < 4.78 is 0. The van der Waals surface area contributed by atoms with Gasteiger partial charge in [-0.2, -0.15) is 0 Å². The maximum Gasteiger partial charge on any atom is 0.247 e. The number of hydrogen-bond donors (Lipinski definition) is 2. The molecular formula is C20H22N4O2S. The standard InChI is InChI=1S/C20H22N4O2S/c1-3-9-24-19(26)16(18(25)23-20(24)27)12-21-14(4-2)10-13-11-22-17-8-6-5-7-15(13)17/h3,5-8,11-12,14,16,22H,1,4,9-10H2,2H3,(H,23,25,27)/t14-,16?/m1/s1. The minimum Gasteiger partial charge on any atom is -0.361 e. The fraction of sp³-hybridized carbons (Fsp3) is 0.300. The summed E-state index contributed by atoms with van der Waals surface area (Å²) in [6.07, 6.45) is 6.55. The van der Waals surface area contributed by atoms with Crippen molar-refractivity contribution in [2.75, 3.05) is 6.54 Å². The van der Waals surface area contributed by atoms with Crippen molar-refractivity contribution >= 4 is 46.3 Å². The van der Waals surface area contributed by atoms with E-state index in [4.69, 9.17) is 12.2 Å². The summed E-state index contributed by atoms with van der Waals surface area (Å²) in [6, 6.07) is 8.08. The summed E-state index contributed by atoms with van der Waals surface area (Å²) in [5.74, 6) is -1.76. The van der Waals surface area contributed by atoms with Gasteiger partial charge in [-0.15, -0.1) is 6.58 Å². The highest BCUT2D eigenvalue weighted by Gasteiger charge is 2.36. The Hall–Kier alpha value is -2.80. The Morgan fingerprint density at radius 1 is 1.37 bits per heavy atom. The number of aliphatic imine (C=N–C) groups is 1. The summed E-state index contributed by atoms with van der Waals surface area (Å²) in [5, 5.41) is 3.84. The van der Waals surface area contributed by atoms with E-state index in [1.807, 2.05) is 31.3 Å². The van der Waals surface area contributed by atoms with Crippen LogP contribution in [0.15, 0.2) is 48.1 Å². The molecule has 0 saturated carbocycles. The topological polar surface area (TPSA) is 77.6 Å². The molecule has 6 nitrogen and oxygen atoms in total. The molecule has 2 N–H and O–H groups in total. The van der Waals surface area contributed by atoms with E-state index in [1.165, 1.54) is 22.1 Å². The number of aromatic nitrogens is 1. The molecule has 140 valence electrons. The summed E-state index contributed by atoms with van der Waals surface area (Å²) in [6.45, 7) is 5.92. The molecular weight excluding hydrogens is 360 g/mol. The number of para-hydroxylation sites is 1. The molecule has 1 unspecified atom stereocenters. The Balaban J connectivity index is 1.76. The highest BCUT2D eigenvalue weighted by molar-refractivity contribution is 7.80. The Labute approximate surface area is 163 Å². The van der Waals surface area contributed by atoms with Crippen LogP contribution in [0.1, 0.15) is 18.9 Å². The van der Waals surface area contributed by atoms with Gasteiger partial charge in [0, 0.05) is 29.9 Å². The van der Waals surface area contributed by atoms with Crippen LogP contribution in [0.3, 0.4) is 0 Å². The molecule has 0 radical (unpaired) electrons. The normalized spacial score (nSPS) is 18.9. The van der Waals surface area contributed by atoms with Crippen LogP contribution in [0, 0.1) is 5.92 Å². The second kappa shape index (κ2) is 8.26. The number of rotatable bonds is 7. The van der Waals surface area contributed by atoms with Crippen molar-refractivity contribution in [3.05, 3.63) is 48.7 Å². The van der Waals surface area contributed by atoms with Crippen molar-refractivity contribution < 1.29 is 9.59 Å². The zero-order valence-corrected chi connectivity index (χ0v) is 16.0. The van der Waals surface area contributed by atoms with Gasteiger partial charge in [-0.1, -0.05) is 31.2 Å². The van der Waals surface area contributed by atoms with Gasteiger partial charge in [0.2, 0.25) is 11.8 Å². The molecule has 2 atom stereocenters. The number of H-pyrrole nitrogens is 1. The van der Waals surface area contributed by atoms with Gasteiger partial charge in [0.05, 0.1) is 6.04 Å².